The fourth-order valence-corrected chi connectivity index (χ4v) is 1.76. The van der Waals surface area contributed by atoms with Gasteiger partial charge in [0, 0.05) is 0 Å². The molecule has 2 aromatic heterocycles. The molecule has 2 rings (SSSR count). The molecule has 0 radical (unpaired) electrons. The second-order valence-electron chi connectivity index (χ2n) is 2.88. The zero-order valence-corrected chi connectivity index (χ0v) is 8.55. The molecule has 0 atom stereocenters. The van der Waals surface area contributed by atoms with Crippen molar-refractivity contribution in [3.63, 3.8) is 0 Å². The SMILES string of the molecule is NC(=NO)c1ncn(Cc2ccsc2)n1. The van der Waals surface area contributed by atoms with Crippen LogP contribution in [-0.2, 0) is 6.54 Å². The van der Waals surface area contributed by atoms with Crippen molar-refractivity contribution in [3.8, 4) is 0 Å². The van der Waals surface area contributed by atoms with Crippen LogP contribution >= 0.6 is 11.3 Å². The maximum absolute atomic E-state index is 8.43. The molecule has 15 heavy (non-hydrogen) atoms. The Morgan fingerprint density at radius 1 is 1.67 bits per heavy atom. The highest BCUT2D eigenvalue weighted by atomic mass is 32.1. The molecule has 2 aromatic rings. The number of rotatable bonds is 3. The third-order valence-electron chi connectivity index (χ3n) is 1.80. The molecule has 0 saturated heterocycles. The van der Waals surface area contributed by atoms with Crippen LogP contribution in [0.25, 0.3) is 0 Å². The van der Waals surface area contributed by atoms with Gasteiger partial charge in [-0.2, -0.15) is 11.3 Å². The average Bonchev–Trinajstić information content (AvgIpc) is 2.88. The van der Waals surface area contributed by atoms with Crippen LogP contribution in [0.5, 0.6) is 0 Å². The highest BCUT2D eigenvalue weighted by Crippen LogP contribution is 2.07. The number of amidine groups is 1. The molecule has 0 aliphatic carbocycles. The van der Waals surface area contributed by atoms with Crippen molar-refractivity contribution in [1.82, 2.24) is 14.8 Å². The summed E-state index contributed by atoms with van der Waals surface area (Å²) in [5.41, 5.74) is 6.49. The van der Waals surface area contributed by atoms with Crippen LogP contribution in [0.15, 0.2) is 28.3 Å². The Kier molecular flexibility index (Phi) is 2.64. The normalized spacial score (nSPS) is 11.9. The van der Waals surface area contributed by atoms with Gasteiger partial charge in [0.1, 0.15) is 6.33 Å². The predicted molar refractivity (Wildman–Crippen MR) is 56.0 cm³/mol. The van der Waals surface area contributed by atoms with Gasteiger partial charge in [0.15, 0.2) is 0 Å². The first-order chi connectivity index (χ1) is 7.29. The van der Waals surface area contributed by atoms with Crippen LogP contribution in [0.4, 0.5) is 0 Å². The monoisotopic (exact) mass is 223 g/mol. The van der Waals surface area contributed by atoms with Crippen molar-refractivity contribution < 1.29 is 5.21 Å². The molecule has 7 heteroatoms. The standard InChI is InChI=1S/C8H9N5OS/c9-7(12-14)8-10-5-13(11-8)3-6-1-2-15-4-6/h1-2,4-5,14H,3H2,(H2,9,12). The fraction of sp³-hybridized carbons (Fsp3) is 0.125. The number of thiophene rings is 1. The van der Waals surface area contributed by atoms with Crippen molar-refractivity contribution in [2.24, 2.45) is 10.9 Å². The van der Waals surface area contributed by atoms with E-state index in [1.807, 2.05) is 16.8 Å². The number of nitrogens with two attached hydrogens (primary N) is 1. The molecule has 78 valence electrons. The van der Waals surface area contributed by atoms with E-state index < -0.39 is 0 Å². The molecule has 2 heterocycles. The second kappa shape index (κ2) is 4.09. The zero-order valence-electron chi connectivity index (χ0n) is 7.74. The third kappa shape index (κ3) is 2.13. The van der Waals surface area contributed by atoms with Crippen molar-refractivity contribution in [2.75, 3.05) is 0 Å². The van der Waals surface area contributed by atoms with Crippen molar-refractivity contribution >= 4 is 17.2 Å². The fourth-order valence-electron chi connectivity index (χ4n) is 1.10. The topological polar surface area (TPSA) is 89.3 Å². The minimum absolute atomic E-state index is 0.0842. The summed E-state index contributed by atoms with van der Waals surface area (Å²) in [6.07, 6.45) is 1.55. The van der Waals surface area contributed by atoms with Crippen LogP contribution in [0.1, 0.15) is 11.4 Å². The molecule has 0 amide bonds. The van der Waals surface area contributed by atoms with Crippen LogP contribution in [0, 0.1) is 0 Å². The molecule has 6 nitrogen and oxygen atoms in total. The molecule has 0 fully saturated rings. The van der Waals surface area contributed by atoms with Crippen molar-refractivity contribution in [2.45, 2.75) is 6.54 Å². The predicted octanol–water partition coefficient (Wildman–Crippen LogP) is 0.482. The Balaban J connectivity index is 2.14. The molecule has 0 saturated carbocycles. The van der Waals surface area contributed by atoms with Gasteiger partial charge in [-0.3, -0.25) is 0 Å². The van der Waals surface area contributed by atoms with E-state index in [1.165, 1.54) is 0 Å². The van der Waals surface area contributed by atoms with Crippen LogP contribution in [0.3, 0.4) is 0 Å². The van der Waals surface area contributed by atoms with Gasteiger partial charge < -0.3 is 10.9 Å². The van der Waals surface area contributed by atoms with Crippen molar-refractivity contribution in [1.29, 1.82) is 0 Å². The largest absolute Gasteiger partial charge is 0.409 e. The quantitative estimate of drug-likeness (QED) is 0.343. The van der Waals surface area contributed by atoms with Gasteiger partial charge in [0.25, 0.3) is 0 Å². The Labute approximate surface area is 89.7 Å². The highest BCUT2D eigenvalue weighted by molar-refractivity contribution is 7.07. The summed E-state index contributed by atoms with van der Waals surface area (Å²) in [5.74, 6) is 0.145. The second-order valence-corrected chi connectivity index (χ2v) is 3.66. The van der Waals surface area contributed by atoms with Gasteiger partial charge >= 0.3 is 0 Å². The molecule has 0 unspecified atom stereocenters. The Hall–Kier alpha value is -1.89. The van der Waals surface area contributed by atoms with E-state index >= 15 is 0 Å². The molecular formula is C8H9N5OS. The number of aromatic nitrogens is 3. The Morgan fingerprint density at radius 3 is 3.20 bits per heavy atom. The molecular weight excluding hydrogens is 214 g/mol. The van der Waals surface area contributed by atoms with Gasteiger partial charge in [0.2, 0.25) is 11.7 Å². The number of hydrogen-bond donors (Lipinski definition) is 2. The number of oxime groups is 1. The lowest BCUT2D eigenvalue weighted by Crippen LogP contribution is -2.15. The molecule has 0 aromatic carbocycles. The molecule has 0 bridgehead atoms. The first kappa shape index (κ1) is 9.66. The maximum atomic E-state index is 8.43. The van der Waals surface area contributed by atoms with Crippen LogP contribution < -0.4 is 5.73 Å². The van der Waals surface area contributed by atoms with E-state index in [0.717, 1.165) is 5.56 Å². The summed E-state index contributed by atoms with van der Waals surface area (Å²) in [6.45, 7) is 0.634. The summed E-state index contributed by atoms with van der Waals surface area (Å²) in [6, 6.07) is 2.01. The van der Waals surface area contributed by atoms with E-state index in [9.17, 15) is 0 Å². The lowest BCUT2D eigenvalue weighted by molar-refractivity contribution is 0.318. The van der Waals surface area contributed by atoms with Crippen molar-refractivity contribution in [3.05, 3.63) is 34.5 Å². The van der Waals surface area contributed by atoms with Crippen LogP contribution in [0.2, 0.25) is 0 Å². The smallest absolute Gasteiger partial charge is 0.219 e. The Morgan fingerprint density at radius 2 is 2.53 bits per heavy atom. The molecule has 0 aliphatic rings. The average molecular weight is 223 g/mol. The third-order valence-corrected chi connectivity index (χ3v) is 2.53. The van der Waals surface area contributed by atoms with Gasteiger partial charge in [-0.25, -0.2) is 9.67 Å². The summed E-state index contributed by atoms with van der Waals surface area (Å²) in [5, 5.41) is 19.3. The summed E-state index contributed by atoms with van der Waals surface area (Å²) >= 11 is 1.63. The lowest BCUT2D eigenvalue weighted by Gasteiger charge is -1.95. The first-order valence-corrected chi connectivity index (χ1v) is 5.12. The Bertz CT molecular complexity index is 461. The minimum Gasteiger partial charge on any atom is -0.409 e. The van der Waals surface area contributed by atoms with E-state index in [0.29, 0.717) is 6.54 Å². The number of nitrogens with zero attached hydrogens (tertiary/aromatic N) is 4. The van der Waals surface area contributed by atoms with E-state index in [4.69, 9.17) is 10.9 Å². The molecule has 3 N–H and O–H groups in total. The first-order valence-electron chi connectivity index (χ1n) is 4.18. The zero-order chi connectivity index (χ0) is 10.7. The van der Waals surface area contributed by atoms with E-state index in [1.54, 1.807) is 22.3 Å². The van der Waals surface area contributed by atoms with Crippen LogP contribution in [-0.4, -0.2) is 25.8 Å². The van der Waals surface area contributed by atoms with E-state index in [-0.39, 0.29) is 11.7 Å². The lowest BCUT2D eigenvalue weighted by atomic mass is 10.3. The minimum atomic E-state index is -0.0842. The van der Waals surface area contributed by atoms with Gasteiger partial charge in [0.05, 0.1) is 6.54 Å². The molecule has 0 spiro atoms. The van der Waals surface area contributed by atoms with Gasteiger partial charge in [-0.1, -0.05) is 5.16 Å². The van der Waals surface area contributed by atoms with Gasteiger partial charge in [-0.05, 0) is 22.4 Å². The summed E-state index contributed by atoms with van der Waals surface area (Å²) in [4.78, 5) is 3.91. The maximum Gasteiger partial charge on any atom is 0.219 e. The number of hydrogen-bond acceptors (Lipinski definition) is 5. The van der Waals surface area contributed by atoms with Gasteiger partial charge in [-0.15, -0.1) is 5.10 Å². The molecule has 0 aliphatic heterocycles. The van der Waals surface area contributed by atoms with E-state index in [2.05, 4.69) is 15.2 Å². The summed E-state index contributed by atoms with van der Waals surface area (Å²) < 4.78 is 1.63. The highest BCUT2D eigenvalue weighted by Gasteiger charge is 2.05. The summed E-state index contributed by atoms with van der Waals surface area (Å²) in [7, 11) is 0.